The van der Waals surface area contributed by atoms with Gasteiger partial charge in [0.2, 0.25) is 0 Å². The van der Waals surface area contributed by atoms with Crippen molar-refractivity contribution in [1.29, 1.82) is 0 Å². The molecule has 0 unspecified atom stereocenters. The summed E-state index contributed by atoms with van der Waals surface area (Å²) in [6, 6.07) is 0.906. The molecule has 16 heavy (non-hydrogen) atoms. The van der Waals surface area contributed by atoms with Gasteiger partial charge in [-0.05, 0) is 45.1 Å². The Kier molecular flexibility index (Phi) is 4.45. The van der Waals surface area contributed by atoms with Crippen molar-refractivity contribution >= 4 is 6.03 Å². The van der Waals surface area contributed by atoms with Gasteiger partial charge in [-0.1, -0.05) is 0 Å². The molecule has 2 rings (SSSR count). The fourth-order valence-corrected chi connectivity index (χ4v) is 2.09. The van der Waals surface area contributed by atoms with E-state index in [1.807, 2.05) is 4.90 Å². The Morgan fingerprint density at radius 1 is 1.12 bits per heavy atom. The van der Waals surface area contributed by atoms with E-state index in [4.69, 9.17) is 0 Å². The fourth-order valence-electron chi connectivity index (χ4n) is 2.09. The van der Waals surface area contributed by atoms with E-state index in [0.717, 1.165) is 51.5 Å². The van der Waals surface area contributed by atoms with Crippen LogP contribution in [0.3, 0.4) is 0 Å². The second-order valence-electron chi connectivity index (χ2n) is 4.86. The van der Waals surface area contributed by atoms with Crippen LogP contribution in [0.4, 0.5) is 4.79 Å². The molecule has 1 aliphatic carbocycles. The number of hydrogen-bond acceptors (Lipinski definition) is 2. The molecule has 4 nitrogen and oxygen atoms in total. The summed E-state index contributed by atoms with van der Waals surface area (Å²) in [5, 5.41) is 6.44. The molecule has 1 heterocycles. The molecule has 0 aromatic rings. The minimum atomic E-state index is 0.131. The van der Waals surface area contributed by atoms with Crippen molar-refractivity contribution in [3.05, 3.63) is 0 Å². The third-order valence-corrected chi connectivity index (χ3v) is 3.28. The standard InChI is InChI=1S/C12H23N3O/c16-12(15-9-2-1-3-10-15)14-8-4-7-13-11-5-6-11/h11,13H,1-10H2,(H,14,16). The Morgan fingerprint density at radius 3 is 2.56 bits per heavy atom. The van der Waals surface area contributed by atoms with Crippen LogP contribution in [-0.2, 0) is 0 Å². The van der Waals surface area contributed by atoms with Crippen LogP contribution in [0.15, 0.2) is 0 Å². The molecule has 0 aromatic carbocycles. The first-order valence-corrected chi connectivity index (χ1v) is 6.62. The van der Waals surface area contributed by atoms with Crippen molar-refractivity contribution in [2.75, 3.05) is 26.2 Å². The van der Waals surface area contributed by atoms with Gasteiger partial charge in [0.05, 0.1) is 0 Å². The largest absolute Gasteiger partial charge is 0.338 e. The minimum absolute atomic E-state index is 0.131. The molecule has 4 heteroatoms. The van der Waals surface area contributed by atoms with E-state index >= 15 is 0 Å². The molecule has 0 bridgehead atoms. The molecule has 2 N–H and O–H groups in total. The molecule has 2 fully saturated rings. The third kappa shape index (κ3) is 4.00. The Morgan fingerprint density at radius 2 is 1.88 bits per heavy atom. The maximum absolute atomic E-state index is 11.7. The van der Waals surface area contributed by atoms with Crippen LogP contribution in [0.5, 0.6) is 0 Å². The monoisotopic (exact) mass is 225 g/mol. The number of amides is 2. The van der Waals surface area contributed by atoms with Crippen molar-refractivity contribution < 1.29 is 4.79 Å². The number of rotatable bonds is 5. The van der Waals surface area contributed by atoms with Gasteiger partial charge in [-0.3, -0.25) is 0 Å². The lowest BCUT2D eigenvalue weighted by Gasteiger charge is -2.26. The van der Waals surface area contributed by atoms with Crippen molar-refractivity contribution in [3.8, 4) is 0 Å². The zero-order chi connectivity index (χ0) is 11.2. The molecule has 2 amide bonds. The Bertz CT molecular complexity index is 222. The average Bonchev–Trinajstić information content (AvgIpc) is 3.13. The summed E-state index contributed by atoms with van der Waals surface area (Å²) < 4.78 is 0. The Balaban J connectivity index is 1.48. The lowest BCUT2D eigenvalue weighted by molar-refractivity contribution is 0.186. The van der Waals surface area contributed by atoms with Crippen LogP contribution >= 0.6 is 0 Å². The average molecular weight is 225 g/mol. The fraction of sp³-hybridized carbons (Fsp3) is 0.917. The zero-order valence-corrected chi connectivity index (χ0v) is 10.0. The summed E-state index contributed by atoms with van der Waals surface area (Å²) in [6.07, 6.45) is 7.30. The highest BCUT2D eigenvalue weighted by Gasteiger charge is 2.19. The molecule has 0 spiro atoms. The van der Waals surface area contributed by atoms with Crippen LogP contribution < -0.4 is 10.6 Å². The second-order valence-corrected chi connectivity index (χ2v) is 4.86. The minimum Gasteiger partial charge on any atom is -0.338 e. The van der Waals surface area contributed by atoms with Crippen molar-refractivity contribution in [1.82, 2.24) is 15.5 Å². The number of carbonyl (C=O) groups is 1. The van der Waals surface area contributed by atoms with Gasteiger partial charge in [-0.15, -0.1) is 0 Å². The molecule has 0 atom stereocenters. The van der Waals surface area contributed by atoms with Gasteiger partial charge in [-0.2, -0.15) is 0 Å². The maximum Gasteiger partial charge on any atom is 0.317 e. The number of urea groups is 1. The number of nitrogens with zero attached hydrogens (tertiary/aromatic N) is 1. The van der Waals surface area contributed by atoms with Crippen LogP contribution in [0.1, 0.15) is 38.5 Å². The number of carbonyl (C=O) groups excluding carboxylic acids is 1. The number of likely N-dealkylation sites (tertiary alicyclic amines) is 1. The van der Waals surface area contributed by atoms with Crippen LogP contribution in [0.2, 0.25) is 0 Å². The molecule has 0 aromatic heterocycles. The second kappa shape index (κ2) is 6.09. The highest BCUT2D eigenvalue weighted by Crippen LogP contribution is 2.18. The van der Waals surface area contributed by atoms with Crippen LogP contribution in [0, 0.1) is 0 Å². The van der Waals surface area contributed by atoms with Crippen LogP contribution in [-0.4, -0.2) is 43.2 Å². The highest BCUT2D eigenvalue weighted by atomic mass is 16.2. The smallest absolute Gasteiger partial charge is 0.317 e. The lowest BCUT2D eigenvalue weighted by Crippen LogP contribution is -2.43. The van der Waals surface area contributed by atoms with E-state index in [0.29, 0.717) is 0 Å². The quantitative estimate of drug-likeness (QED) is 0.693. The zero-order valence-electron chi connectivity index (χ0n) is 10.0. The molecule has 1 saturated carbocycles. The summed E-state index contributed by atoms with van der Waals surface area (Å²) in [5.74, 6) is 0. The van der Waals surface area contributed by atoms with Crippen molar-refractivity contribution in [2.45, 2.75) is 44.6 Å². The molecular formula is C12H23N3O. The predicted molar refractivity (Wildman–Crippen MR) is 64.5 cm³/mol. The van der Waals surface area contributed by atoms with Crippen LogP contribution in [0.25, 0.3) is 0 Å². The van der Waals surface area contributed by atoms with E-state index in [-0.39, 0.29) is 6.03 Å². The first kappa shape index (κ1) is 11.7. The van der Waals surface area contributed by atoms with Gasteiger partial charge in [0, 0.05) is 25.7 Å². The summed E-state index contributed by atoms with van der Waals surface area (Å²) in [6.45, 7) is 3.71. The molecule has 92 valence electrons. The maximum atomic E-state index is 11.7. The van der Waals surface area contributed by atoms with E-state index in [2.05, 4.69) is 10.6 Å². The van der Waals surface area contributed by atoms with E-state index in [9.17, 15) is 4.79 Å². The summed E-state index contributed by atoms with van der Waals surface area (Å²) in [7, 11) is 0. The summed E-state index contributed by atoms with van der Waals surface area (Å²) in [5.41, 5.74) is 0. The van der Waals surface area contributed by atoms with E-state index in [1.54, 1.807) is 0 Å². The first-order chi connectivity index (χ1) is 7.86. The van der Waals surface area contributed by atoms with Gasteiger partial charge in [0.25, 0.3) is 0 Å². The lowest BCUT2D eigenvalue weighted by atomic mass is 10.1. The summed E-state index contributed by atoms with van der Waals surface area (Å²) in [4.78, 5) is 13.6. The van der Waals surface area contributed by atoms with Gasteiger partial charge in [0.1, 0.15) is 0 Å². The normalized spacial score (nSPS) is 20.9. The SMILES string of the molecule is O=C(NCCCNC1CC1)N1CCCCC1. The predicted octanol–water partition coefficient (Wildman–Crippen LogP) is 1.32. The third-order valence-electron chi connectivity index (χ3n) is 3.28. The Hall–Kier alpha value is -0.770. The topological polar surface area (TPSA) is 44.4 Å². The van der Waals surface area contributed by atoms with Gasteiger partial charge < -0.3 is 15.5 Å². The number of nitrogens with one attached hydrogen (secondary N) is 2. The molecule has 0 radical (unpaired) electrons. The molecule has 1 saturated heterocycles. The molecular weight excluding hydrogens is 202 g/mol. The molecule has 1 aliphatic heterocycles. The molecule has 2 aliphatic rings. The summed E-state index contributed by atoms with van der Waals surface area (Å²) >= 11 is 0. The van der Waals surface area contributed by atoms with E-state index in [1.165, 1.54) is 19.3 Å². The van der Waals surface area contributed by atoms with Crippen molar-refractivity contribution in [2.24, 2.45) is 0 Å². The number of piperidine rings is 1. The van der Waals surface area contributed by atoms with Gasteiger partial charge in [-0.25, -0.2) is 4.79 Å². The highest BCUT2D eigenvalue weighted by molar-refractivity contribution is 5.74. The first-order valence-electron chi connectivity index (χ1n) is 6.62. The van der Waals surface area contributed by atoms with Gasteiger partial charge >= 0.3 is 6.03 Å². The van der Waals surface area contributed by atoms with E-state index < -0.39 is 0 Å². The number of hydrogen-bond donors (Lipinski definition) is 2. The Labute approximate surface area is 97.8 Å². The van der Waals surface area contributed by atoms with Crippen molar-refractivity contribution in [3.63, 3.8) is 0 Å². The van der Waals surface area contributed by atoms with Gasteiger partial charge in [0.15, 0.2) is 0 Å².